The smallest absolute Gasteiger partial charge is 0.0870 e. The molecule has 2 nitrogen and oxygen atoms in total. The number of fused-ring (bicyclic) bond motifs is 1. The van der Waals surface area contributed by atoms with Crippen LogP contribution in [0.3, 0.4) is 0 Å². The molecule has 3 rings (SSSR count). The monoisotopic (exact) mass is 291 g/mol. The SMILES string of the molecule is CNC[C@@H](c1ccccc1)C(O)c1ccc2ccccc2c1. The first-order valence-electron chi connectivity index (χ1n) is 7.66. The summed E-state index contributed by atoms with van der Waals surface area (Å²) in [6, 6.07) is 24.6. The van der Waals surface area contributed by atoms with Crippen molar-refractivity contribution in [3.8, 4) is 0 Å². The van der Waals surface area contributed by atoms with Crippen LogP contribution in [-0.4, -0.2) is 18.7 Å². The van der Waals surface area contributed by atoms with Crippen molar-refractivity contribution in [1.82, 2.24) is 5.32 Å². The van der Waals surface area contributed by atoms with Gasteiger partial charge in [-0.2, -0.15) is 0 Å². The van der Waals surface area contributed by atoms with Gasteiger partial charge in [-0.15, -0.1) is 0 Å². The van der Waals surface area contributed by atoms with Crippen LogP contribution in [0.4, 0.5) is 0 Å². The minimum Gasteiger partial charge on any atom is -0.388 e. The van der Waals surface area contributed by atoms with Crippen LogP contribution < -0.4 is 5.32 Å². The number of rotatable bonds is 5. The molecule has 0 fully saturated rings. The van der Waals surface area contributed by atoms with Gasteiger partial charge in [0.05, 0.1) is 6.10 Å². The predicted octanol–water partition coefficient (Wildman–Crippen LogP) is 3.88. The molecule has 0 aliphatic rings. The number of benzene rings is 3. The molecule has 3 aromatic carbocycles. The van der Waals surface area contributed by atoms with Gasteiger partial charge in [0.1, 0.15) is 0 Å². The number of likely N-dealkylation sites (N-methyl/N-ethyl adjacent to an activating group) is 1. The molecule has 2 atom stereocenters. The molecule has 0 heterocycles. The molecule has 1 unspecified atom stereocenters. The fraction of sp³-hybridized carbons (Fsp3) is 0.200. The van der Waals surface area contributed by atoms with Gasteiger partial charge in [0.25, 0.3) is 0 Å². The van der Waals surface area contributed by atoms with E-state index in [9.17, 15) is 5.11 Å². The minimum absolute atomic E-state index is 0.0346. The van der Waals surface area contributed by atoms with Gasteiger partial charge in [-0.25, -0.2) is 0 Å². The Balaban J connectivity index is 1.96. The summed E-state index contributed by atoms with van der Waals surface area (Å²) >= 11 is 0. The van der Waals surface area contributed by atoms with E-state index in [1.807, 2.05) is 43.4 Å². The highest BCUT2D eigenvalue weighted by Gasteiger charge is 2.22. The van der Waals surface area contributed by atoms with Crippen LogP contribution in [0.2, 0.25) is 0 Å². The highest BCUT2D eigenvalue weighted by atomic mass is 16.3. The van der Waals surface area contributed by atoms with Gasteiger partial charge in [-0.05, 0) is 35.0 Å². The molecule has 0 saturated heterocycles. The summed E-state index contributed by atoms with van der Waals surface area (Å²) in [5.74, 6) is 0.0346. The average molecular weight is 291 g/mol. The van der Waals surface area contributed by atoms with E-state index in [0.717, 1.165) is 23.1 Å². The maximum Gasteiger partial charge on any atom is 0.0870 e. The van der Waals surface area contributed by atoms with Crippen LogP contribution >= 0.6 is 0 Å². The highest BCUT2D eigenvalue weighted by molar-refractivity contribution is 5.83. The lowest BCUT2D eigenvalue weighted by Crippen LogP contribution is -2.23. The Morgan fingerprint density at radius 1 is 0.818 bits per heavy atom. The Bertz CT molecular complexity index is 739. The van der Waals surface area contributed by atoms with Crippen LogP contribution in [0, 0.1) is 0 Å². The van der Waals surface area contributed by atoms with E-state index in [4.69, 9.17) is 0 Å². The number of hydrogen-bond donors (Lipinski definition) is 2. The van der Waals surface area contributed by atoms with E-state index in [-0.39, 0.29) is 5.92 Å². The van der Waals surface area contributed by atoms with Gasteiger partial charge < -0.3 is 10.4 Å². The van der Waals surface area contributed by atoms with Gasteiger partial charge in [0.2, 0.25) is 0 Å². The third-order valence-corrected chi connectivity index (χ3v) is 4.15. The van der Waals surface area contributed by atoms with Crippen molar-refractivity contribution >= 4 is 10.8 Å². The summed E-state index contributed by atoms with van der Waals surface area (Å²) in [6.45, 7) is 0.734. The Morgan fingerprint density at radius 3 is 2.23 bits per heavy atom. The molecule has 2 N–H and O–H groups in total. The van der Waals surface area contributed by atoms with Crippen molar-refractivity contribution in [2.75, 3.05) is 13.6 Å². The van der Waals surface area contributed by atoms with E-state index in [1.54, 1.807) is 0 Å². The summed E-state index contributed by atoms with van der Waals surface area (Å²) in [4.78, 5) is 0. The molecule has 2 heteroatoms. The molecular weight excluding hydrogens is 270 g/mol. The zero-order valence-corrected chi connectivity index (χ0v) is 12.7. The molecule has 0 aliphatic carbocycles. The quantitative estimate of drug-likeness (QED) is 0.748. The largest absolute Gasteiger partial charge is 0.388 e. The molecule has 0 saturated carbocycles. The lowest BCUT2D eigenvalue weighted by atomic mass is 9.88. The van der Waals surface area contributed by atoms with E-state index < -0.39 is 6.10 Å². The predicted molar refractivity (Wildman–Crippen MR) is 92.0 cm³/mol. The maximum atomic E-state index is 10.9. The lowest BCUT2D eigenvalue weighted by molar-refractivity contribution is 0.144. The van der Waals surface area contributed by atoms with Crippen LogP contribution in [0.5, 0.6) is 0 Å². The van der Waals surface area contributed by atoms with Crippen molar-refractivity contribution in [1.29, 1.82) is 0 Å². The van der Waals surface area contributed by atoms with Gasteiger partial charge in [0.15, 0.2) is 0 Å². The number of hydrogen-bond acceptors (Lipinski definition) is 2. The summed E-state index contributed by atoms with van der Waals surface area (Å²) < 4.78 is 0. The third-order valence-electron chi connectivity index (χ3n) is 4.15. The second-order valence-corrected chi connectivity index (χ2v) is 5.63. The fourth-order valence-electron chi connectivity index (χ4n) is 2.96. The minimum atomic E-state index is -0.528. The van der Waals surface area contributed by atoms with Crippen LogP contribution in [0.15, 0.2) is 72.8 Å². The standard InChI is InChI=1S/C20H21NO/c1-21-14-19(16-8-3-2-4-9-16)20(22)18-12-11-15-7-5-6-10-17(15)13-18/h2-13,19-22H,14H2,1H3/t19-,20?/m0/s1. The summed E-state index contributed by atoms with van der Waals surface area (Å²) in [6.07, 6.45) is -0.528. The van der Waals surface area contributed by atoms with Crippen LogP contribution in [0.1, 0.15) is 23.1 Å². The van der Waals surface area contributed by atoms with E-state index in [0.29, 0.717) is 0 Å². The van der Waals surface area contributed by atoms with Crippen molar-refractivity contribution in [2.24, 2.45) is 0 Å². The molecule has 3 aromatic rings. The van der Waals surface area contributed by atoms with Crippen molar-refractivity contribution in [3.05, 3.63) is 83.9 Å². The number of nitrogens with one attached hydrogen (secondary N) is 1. The molecule has 112 valence electrons. The molecule has 0 spiro atoms. The summed E-state index contributed by atoms with van der Waals surface area (Å²) in [5.41, 5.74) is 2.11. The average Bonchev–Trinajstić information content (AvgIpc) is 2.59. The summed E-state index contributed by atoms with van der Waals surface area (Å²) in [5, 5.41) is 16.4. The molecule has 0 amide bonds. The Labute approximate surface area is 131 Å². The second-order valence-electron chi connectivity index (χ2n) is 5.63. The Morgan fingerprint density at radius 2 is 1.50 bits per heavy atom. The first kappa shape index (κ1) is 14.8. The van der Waals surface area contributed by atoms with Gasteiger partial charge in [-0.1, -0.05) is 66.7 Å². The van der Waals surface area contributed by atoms with Crippen molar-refractivity contribution in [3.63, 3.8) is 0 Å². The van der Waals surface area contributed by atoms with Gasteiger partial charge >= 0.3 is 0 Å². The molecule has 0 aromatic heterocycles. The van der Waals surface area contributed by atoms with E-state index in [2.05, 4.69) is 41.7 Å². The topological polar surface area (TPSA) is 32.3 Å². The zero-order chi connectivity index (χ0) is 15.4. The van der Waals surface area contributed by atoms with Crippen molar-refractivity contribution in [2.45, 2.75) is 12.0 Å². The number of aliphatic hydroxyl groups is 1. The fourth-order valence-corrected chi connectivity index (χ4v) is 2.96. The first-order valence-corrected chi connectivity index (χ1v) is 7.66. The van der Waals surface area contributed by atoms with Gasteiger partial charge in [-0.3, -0.25) is 0 Å². The van der Waals surface area contributed by atoms with Crippen molar-refractivity contribution < 1.29 is 5.11 Å². The molecule has 0 radical (unpaired) electrons. The normalized spacial score (nSPS) is 13.9. The molecule has 0 aliphatic heterocycles. The third kappa shape index (κ3) is 3.03. The Hall–Kier alpha value is -2.16. The van der Waals surface area contributed by atoms with Crippen LogP contribution in [-0.2, 0) is 0 Å². The summed E-state index contributed by atoms with van der Waals surface area (Å²) in [7, 11) is 1.92. The lowest BCUT2D eigenvalue weighted by Gasteiger charge is -2.24. The molecular formula is C20H21NO. The van der Waals surface area contributed by atoms with Gasteiger partial charge in [0, 0.05) is 12.5 Å². The number of aliphatic hydroxyl groups excluding tert-OH is 1. The first-order chi connectivity index (χ1) is 10.8. The zero-order valence-electron chi connectivity index (χ0n) is 12.7. The highest BCUT2D eigenvalue weighted by Crippen LogP contribution is 2.32. The van der Waals surface area contributed by atoms with Crippen LogP contribution in [0.25, 0.3) is 10.8 Å². The molecule has 22 heavy (non-hydrogen) atoms. The molecule has 0 bridgehead atoms. The van der Waals surface area contributed by atoms with E-state index in [1.165, 1.54) is 5.39 Å². The van der Waals surface area contributed by atoms with E-state index >= 15 is 0 Å². The second kappa shape index (κ2) is 6.73. The Kier molecular flexibility index (Phi) is 4.52. The maximum absolute atomic E-state index is 10.9.